The molecule has 0 radical (unpaired) electrons. The highest BCUT2D eigenvalue weighted by Crippen LogP contribution is 1.94. The molecule has 1 aliphatic rings. The lowest BCUT2D eigenvalue weighted by Crippen LogP contribution is -2.44. The Hall–Kier alpha value is -1.40. The van der Waals surface area contributed by atoms with Gasteiger partial charge in [0.25, 0.3) is 0 Å². The van der Waals surface area contributed by atoms with Crippen LogP contribution in [-0.2, 0) is 14.4 Å². The maximum absolute atomic E-state index is 11.0. The summed E-state index contributed by atoms with van der Waals surface area (Å²) in [6.07, 6.45) is 1.65. The first kappa shape index (κ1) is 10.7. The molecule has 0 aromatic heterocycles. The van der Waals surface area contributed by atoms with Crippen molar-refractivity contribution in [2.24, 2.45) is 0 Å². The van der Waals surface area contributed by atoms with Gasteiger partial charge < -0.3 is 15.3 Å². The molecule has 6 heteroatoms. The standard InChI is InChI=1S/C8H12N2O4/c11-7(12)1-2-8(13)14-10-5-3-9-4-6-10/h1-2,9H,3-6H2,(H,11,12)/b2-1-. The number of rotatable bonds is 3. The molecular formula is C8H12N2O4. The number of hydrogen-bond acceptors (Lipinski definition) is 5. The first-order chi connectivity index (χ1) is 6.68. The van der Waals surface area contributed by atoms with Crippen LogP contribution in [0.15, 0.2) is 12.2 Å². The average Bonchev–Trinajstić information content (AvgIpc) is 2.16. The Labute approximate surface area is 81.1 Å². The van der Waals surface area contributed by atoms with Crippen molar-refractivity contribution in [2.75, 3.05) is 26.2 Å². The minimum absolute atomic E-state index is 0.618. The van der Waals surface area contributed by atoms with Crippen molar-refractivity contribution in [1.29, 1.82) is 0 Å². The molecule has 14 heavy (non-hydrogen) atoms. The predicted molar refractivity (Wildman–Crippen MR) is 47.3 cm³/mol. The third-order valence-electron chi connectivity index (χ3n) is 1.66. The van der Waals surface area contributed by atoms with E-state index < -0.39 is 11.9 Å². The van der Waals surface area contributed by atoms with Gasteiger partial charge in [0, 0.05) is 38.3 Å². The number of piperazine rings is 1. The molecule has 2 N–H and O–H groups in total. The Balaban J connectivity index is 2.28. The van der Waals surface area contributed by atoms with Crippen molar-refractivity contribution >= 4 is 11.9 Å². The number of nitrogens with one attached hydrogen (secondary N) is 1. The van der Waals surface area contributed by atoms with Crippen LogP contribution in [0.4, 0.5) is 0 Å². The minimum Gasteiger partial charge on any atom is -0.478 e. The fourth-order valence-corrected chi connectivity index (χ4v) is 1.03. The summed E-state index contributed by atoms with van der Waals surface area (Å²) >= 11 is 0. The van der Waals surface area contributed by atoms with Crippen molar-refractivity contribution in [3.05, 3.63) is 12.2 Å². The first-order valence-corrected chi connectivity index (χ1v) is 4.27. The Morgan fingerprint density at radius 1 is 1.29 bits per heavy atom. The van der Waals surface area contributed by atoms with E-state index in [2.05, 4.69) is 5.32 Å². The lowest BCUT2D eigenvalue weighted by molar-refractivity contribution is -0.186. The van der Waals surface area contributed by atoms with Crippen LogP contribution >= 0.6 is 0 Å². The van der Waals surface area contributed by atoms with Gasteiger partial charge in [-0.2, -0.15) is 0 Å². The van der Waals surface area contributed by atoms with Gasteiger partial charge in [0.1, 0.15) is 0 Å². The lowest BCUT2D eigenvalue weighted by Gasteiger charge is -2.24. The molecular weight excluding hydrogens is 188 g/mol. The van der Waals surface area contributed by atoms with Crippen molar-refractivity contribution in [3.63, 3.8) is 0 Å². The largest absolute Gasteiger partial charge is 0.478 e. The molecule has 0 amide bonds. The molecule has 1 heterocycles. The molecule has 1 saturated heterocycles. The molecule has 78 valence electrons. The Bertz CT molecular complexity index is 246. The number of carboxylic acid groups (broad SMARTS) is 1. The van der Waals surface area contributed by atoms with E-state index in [1.807, 2.05) is 0 Å². The van der Waals surface area contributed by atoms with Gasteiger partial charge in [-0.05, 0) is 0 Å². The summed E-state index contributed by atoms with van der Waals surface area (Å²) in [5.41, 5.74) is 0. The molecule has 0 unspecified atom stereocenters. The van der Waals surface area contributed by atoms with Gasteiger partial charge in [-0.3, -0.25) is 0 Å². The number of hydroxylamine groups is 2. The Kier molecular flexibility index (Phi) is 4.09. The van der Waals surface area contributed by atoms with Crippen LogP contribution in [0, 0.1) is 0 Å². The summed E-state index contributed by atoms with van der Waals surface area (Å²) in [5.74, 6) is -1.82. The number of hydrogen-bond donors (Lipinski definition) is 2. The molecule has 1 fully saturated rings. The number of carbonyl (C=O) groups excluding carboxylic acids is 1. The zero-order valence-electron chi connectivity index (χ0n) is 7.60. The van der Waals surface area contributed by atoms with E-state index in [-0.39, 0.29) is 0 Å². The third-order valence-corrected chi connectivity index (χ3v) is 1.66. The number of carbonyl (C=O) groups is 2. The number of aliphatic carboxylic acids is 1. The molecule has 0 aromatic carbocycles. The summed E-state index contributed by atoms with van der Waals surface area (Å²) in [6.45, 7) is 2.76. The highest BCUT2D eigenvalue weighted by Gasteiger charge is 2.12. The van der Waals surface area contributed by atoms with E-state index in [9.17, 15) is 9.59 Å². The lowest BCUT2D eigenvalue weighted by atomic mass is 10.4. The van der Waals surface area contributed by atoms with E-state index in [4.69, 9.17) is 9.94 Å². The van der Waals surface area contributed by atoms with Crippen molar-refractivity contribution in [1.82, 2.24) is 10.4 Å². The smallest absolute Gasteiger partial charge is 0.349 e. The second-order valence-corrected chi connectivity index (χ2v) is 2.76. The van der Waals surface area contributed by atoms with Crippen LogP contribution in [0.1, 0.15) is 0 Å². The van der Waals surface area contributed by atoms with Gasteiger partial charge in [-0.15, -0.1) is 5.06 Å². The quantitative estimate of drug-likeness (QED) is 0.568. The van der Waals surface area contributed by atoms with Crippen LogP contribution < -0.4 is 5.32 Å². The number of carboxylic acids is 1. The molecule has 0 atom stereocenters. The fraction of sp³-hybridized carbons (Fsp3) is 0.500. The van der Waals surface area contributed by atoms with E-state index in [1.165, 1.54) is 5.06 Å². The second-order valence-electron chi connectivity index (χ2n) is 2.76. The molecule has 0 aromatic rings. The molecule has 0 bridgehead atoms. The summed E-state index contributed by atoms with van der Waals surface area (Å²) < 4.78 is 0. The molecule has 6 nitrogen and oxygen atoms in total. The average molecular weight is 200 g/mol. The second kappa shape index (κ2) is 5.36. The Morgan fingerprint density at radius 3 is 2.50 bits per heavy atom. The van der Waals surface area contributed by atoms with Gasteiger partial charge in [-0.1, -0.05) is 0 Å². The zero-order chi connectivity index (χ0) is 10.4. The maximum atomic E-state index is 11.0. The highest BCUT2D eigenvalue weighted by atomic mass is 16.7. The van der Waals surface area contributed by atoms with Gasteiger partial charge in [0.05, 0.1) is 0 Å². The monoisotopic (exact) mass is 200 g/mol. The van der Waals surface area contributed by atoms with Gasteiger partial charge in [0.2, 0.25) is 0 Å². The van der Waals surface area contributed by atoms with Crippen LogP contribution in [0.5, 0.6) is 0 Å². The topological polar surface area (TPSA) is 78.9 Å². The van der Waals surface area contributed by atoms with Crippen LogP contribution in [0.25, 0.3) is 0 Å². The summed E-state index contributed by atoms with van der Waals surface area (Å²) in [4.78, 5) is 25.9. The minimum atomic E-state index is -1.16. The van der Waals surface area contributed by atoms with E-state index >= 15 is 0 Å². The molecule has 0 aliphatic carbocycles. The summed E-state index contributed by atoms with van der Waals surface area (Å²) in [7, 11) is 0. The maximum Gasteiger partial charge on any atom is 0.349 e. The third kappa shape index (κ3) is 4.01. The molecule has 0 spiro atoms. The van der Waals surface area contributed by atoms with Gasteiger partial charge >= 0.3 is 11.9 Å². The van der Waals surface area contributed by atoms with Crippen LogP contribution in [-0.4, -0.2) is 48.3 Å². The van der Waals surface area contributed by atoms with Gasteiger partial charge in [-0.25, -0.2) is 9.59 Å². The highest BCUT2D eigenvalue weighted by molar-refractivity contribution is 5.90. The van der Waals surface area contributed by atoms with E-state index in [0.717, 1.165) is 25.2 Å². The zero-order valence-corrected chi connectivity index (χ0v) is 7.60. The van der Waals surface area contributed by atoms with Crippen molar-refractivity contribution in [3.8, 4) is 0 Å². The molecule has 1 aliphatic heterocycles. The molecule has 0 saturated carbocycles. The number of nitrogens with zero attached hydrogens (tertiary/aromatic N) is 1. The van der Waals surface area contributed by atoms with Crippen molar-refractivity contribution < 1.29 is 19.5 Å². The summed E-state index contributed by atoms with van der Waals surface area (Å²) in [6, 6.07) is 0. The van der Waals surface area contributed by atoms with Crippen LogP contribution in [0.2, 0.25) is 0 Å². The predicted octanol–water partition coefficient (Wildman–Crippen LogP) is -1.01. The molecule has 1 rings (SSSR count). The van der Waals surface area contributed by atoms with E-state index in [1.54, 1.807) is 0 Å². The van der Waals surface area contributed by atoms with Crippen molar-refractivity contribution in [2.45, 2.75) is 0 Å². The Morgan fingerprint density at radius 2 is 1.93 bits per heavy atom. The normalized spacial score (nSPS) is 18.3. The van der Waals surface area contributed by atoms with Crippen LogP contribution in [0.3, 0.4) is 0 Å². The van der Waals surface area contributed by atoms with E-state index in [0.29, 0.717) is 13.1 Å². The SMILES string of the molecule is O=C(O)/C=C\C(=O)ON1CCNCC1. The summed E-state index contributed by atoms with van der Waals surface area (Å²) in [5, 5.41) is 12.8. The first-order valence-electron chi connectivity index (χ1n) is 4.27. The van der Waals surface area contributed by atoms with Gasteiger partial charge in [0.15, 0.2) is 0 Å². The fourth-order valence-electron chi connectivity index (χ4n) is 1.03.